The van der Waals surface area contributed by atoms with Crippen molar-refractivity contribution in [3.63, 3.8) is 0 Å². The van der Waals surface area contributed by atoms with Gasteiger partial charge in [-0.15, -0.1) is 0 Å². The van der Waals surface area contributed by atoms with Crippen LogP contribution in [0, 0.1) is 0 Å². The van der Waals surface area contributed by atoms with Crippen LogP contribution in [-0.2, 0) is 26.6 Å². The van der Waals surface area contributed by atoms with Gasteiger partial charge in [0.2, 0.25) is 20.0 Å². The van der Waals surface area contributed by atoms with E-state index in [1.54, 1.807) is 6.20 Å². The zero-order chi connectivity index (χ0) is 16.0. The molecule has 10 heteroatoms. The highest BCUT2D eigenvalue weighted by Crippen LogP contribution is 2.34. The van der Waals surface area contributed by atoms with Crippen molar-refractivity contribution >= 4 is 20.0 Å². The third kappa shape index (κ3) is 3.34. The summed E-state index contributed by atoms with van der Waals surface area (Å²) in [7, 11) is -6.49. The first-order valence-electron chi connectivity index (χ1n) is 7.23. The van der Waals surface area contributed by atoms with Gasteiger partial charge in [0.25, 0.3) is 0 Å². The predicted molar refractivity (Wildman–Crippen MR) is 81.1 cm³/mol. The Kier molecular flexibility index (Phi) is 4.04. The monoisotopic (exact) mass is 348 g/mol. The summed E-state index contributed by atoms with van der Waals surface area (Å²) >= 11 is 0. The number of fused-ring (bicyclic) bond motifs is 1. The Morgan fingerprint density at radius 2 is 2.05 bits per heavy atom. The Bertz CT molecular complexity index is 752. The van der Waals surface area contributed by atoms with E-state index in [0.29, 0.717) is 19.5 Å². The summed E-state index contributed by atoms with van der Waals surface area (Å²) in [5.74, 6) is 0. The molecule has 1 saturated carbocycles. The van der Waals surface area contributed by atoms with E-state index >= 15 is 0 Å². The van der Waals surface area contributed by atoms with Gasteiger partial charge >= 0.3 is 0 Å². The second-order valence-electron chi connectivity index (χ2n) is 5.91. The Morgan fingerprint density at radius 1 is 1.32 bits per heavy atom. The van der Waals surface area contributed by atoms with Crippen molar-refractivity contribution in [2.24, 2.45) is 0 Å². The average molecular weight is 348 g/mol. The molecule has 0 radical (unpaired) electrons. The molecular weight excluding hydrogens is 328 g/mol. The quantitative estimate of drug-likeness (QED) is 0.759. The summed E-state index contributed by atoms with van der Waals surface area (Å²) < 4.78 is 53.0. The summed E-state index contributed by atoms with van der Waals surface area (Å²) in [6.07, 6.45) is 4.73. The van der Waals surface area contributed by atoms with E-state index in [4.69, 9.17) is 0 Å². The number of sulfonamides is 2. The zero-order valence-electron chi connectivity index (χ0n) is 12.3. The minimum atomic E-state index is -3.25. The van der Waals surface area contributed by atoms with Crippen molar-refractivity contribution in [1.29, 1.82) is 0 Å². The maximum absolute atomic E-state index is 12.4. The molecule has 0 unspecified atom stereocenters. The largest absolute Gasteiger partial charge is 0.264 e. The highest BCUT2D eigenvalue weighted by molar-refractivity contribution is 7.90. The maximum Gasteiger partial charge on any atom is 0.217 e. The lowest BCUT2D eigenvalue weighted by molar-refractivity contribution is 0.255. The van der Waals surface area contributed by atoms with Crippen LogP contribution in [0.2, 0.25) is 0 Å². The van der Waals surface area contributed by atoms with Crippen molar-refractivity contribution < 1.29 is 16.8 Å². The van der Waals surface area contributed by atoms with E-state index in [2.05, 4.69) is 9.82 Å². The van der Waals surface area contributed by atoms with Gasteiger partial charge in [0.05, 0.1) is 29.8 Å². The van der Waals surface area contributed by atoms with E-state index < -0.39 is 20.0 Å². The van der Waals surface area contributed by atoms with Gasteiger partial charge in [0.1, 0.15) is 0 Å². The van der Waals surface area contributed by atoms with E-state index in [1.165, 1.54) is 4.31 Å². The highest BCUT2D eigenvalue weighted by atomic mass is 32.2. The number of rotatable bonds is 6. The molecule has 1 aliphatic carbocycles. The van der Waals surface area contributed by atoms with E-state index in [-0.39, 0.29) is 17.8 Å². The van der Waals surface area contributed by atoms with Gasteiger partial charge in [-0.25, -0.2) is 21.6 Å². The van der Waals surface area contributed by atoms with Gasteiger partial charge in [-0.1, -0.05) is 0 Å². The van der Waals surface area contributed by atoms with Crippen LogP contribution < -0.4 is 4.72 Å². The number of hydrogen-bond donors (Lipinski definition) is 1. The lowest BCUT2D eigenvalue weighted by atomic mass is 10.1. The molecule has 22 heavy (non-hydrogen) atoms. The molecule has 0 amide bonds. The van der Waals surface area contributed by atoms with Crippen LogP contribution in [-0.4, -0.2) is 55.5 Å². The fourth-order valence-corrected chi connectivity index (χ4v) is 5.08. The molecule has 124 valence electrons. The van der Waals surface area contributed by atoms with Crippen LogP contribution >= 0.6 is 0 Å². The van der Waals surface area contributed by atoms with Gasteiger partial charge in [-0.3, -0.25) is 4.68 Å². The van der Waals surface area contributed by atoms with Crippen LogP contribution in [0.3, 0.4) is 0 Å². The average Bonchev–Trinajstić information content (AvgIpc) is 3.16. The lowest BCUT2D eigenvalue weighted by Crippen LogP contribution is -2.43. The minimum Gasteiger partial charge on any atom is -0.264 e. The van der Waals surface area contributed by atoms with Crippen LogP contribution in [0.5, 0.6) is 0 Å². The third-order valence-electron chi connectivity index (χ3n) is 4.00. The topological polar surface area (TPSA) is 101 Å². The maximum atomic E-state index is 12.4. The lowest BCUT2D eigenvalue weighted by Gasteiger charge is -2.33. The summed E-state index contributed by atoms with van der Waals surface area (Å²) in [6, 6.07) is 1.66. The zero-order valence-corrected chi connectivity index (χ0v) is 14.0. The first kappa shape index (κ1) is 15.9. The number of nitrogens with zero attached hydrogens (tertiary/aromatic N) is 3. The van der Waals surface area contributed by atoms with Gasteiger partial charge in [0.15, 0.2) is 0 Å². The van der Waals surface area contributed by atoms with Crippen molar-refractivity contribution in [1.82, 2.24) is 18.8 Å². The summed E-state index contributed by atoms with van der Waals surface area (Å²) in [4.78, 5) is 0. The smallest absolute Gasteiger partial charge is 0.217 e. The first-order chi connectivity index (χ1) is 10.3. The van der Waals surface area contributed by atoms with Crippen LogP contribution in [0.1, 0.15) is 31.0 Å². The molecule has 1 atom stereocenters. The summed E-state index contributed by atoms with van der Waals surface area (Å²) in [5.41, 5.74) is 0.847. The Morgan fingerprint density at radius 3 is 2.68 bits per heavy atom. The minimum absolute atomic E-state index is 0.151. The molecule has 2 aliphatic rings. The standard InChI is InChI=1S/C12H20N4O4S2/c1-21(17,18)14-7-5-11-9-15(22(19,20)12-2-3-12)8-10-4-6-13-16(10)11/h4,6,11-12,14H,2-3,5,7-9H2,1H3/t11-/m1/s1. The fourth-order valence-electron chi connectivity index (χ4n) is 2.75. The predicted octanol–water partition coefficient (Wildman–Crippen LogP) is -0.329. The molecule has 8 nitrogen and oxygen atoms in total. The Balaban J connectivity index is 1.75. The van der Waals surface area contributed by atoms with Crippen LogP contribution in [0.4, 0.5) is 0 Å². The molecule has 1 N–H and O–H groups in total. The summed E-state index contributed by atoms with van der Waals surface area (Å²) in [6.45, 7) is 0.952. The van der Waals surface area contributed by atoms with Gasteiger partial charge in [-0.2, -0.15) is 9.40 Å². The van der Waals surface area contributed by atoms with Gasteiger partial charge < -0.3 is 0 Å². The molecule has 1 aromatic rings. The Hall–Kier alpha value is -0.970. The van der Waals surface area contributed by atoms with E-state index in [0.717, 1.165) is 24.8 Å². The third-order valence-corrected chi connectivity index (χ3v) is 7.04. The number of aromatic nitrogens is 2. The molecule has 3 rings (SSSR count). The molecular formula is C12H20N4O4S2. The first-order valence-corrected chi connectivity index (χ1v) is 10.6. The second kappa shape index (κ2) is 5.59. The number of hydrogen-bond acceptors (Lipinski definition) is 5. The van der Waals surface area contributed by atoms with Gasteiger partial charge in [-0.05, 0) is 25.3 Å². The molecule has 0 spiro atoms. The SMILES string of the molecule is CS(=O)(=O)NCC[C@@H]1CN(S(=O)(=O)C2CC2)Cc2ccnn21. The van der Waals surface area contributed by atoms with Gasteiger partial charge in [0, 0.05) is 19.3 Å². The molecule has 2 heterocycles. The van der Waals surface area contributed by atoms with Crippen molar-refractivity contribution in [3.05, 3.63) is 18.0 Å². The van der Waals surface area contributed by atoms with Crippen LogP contribution in [0.15, 0.2) is 12.3 Å². The molecule has 0 aromatic carbocycles. The normalized spacial score (nSPS) is 23.4. The number of nitrogens with one attached hydrogen (secondary N) is 1. The van der Waals surface area contributed by atoms with Crippen molar-refractivity contribution in [3.8, 4) is 0 Å². The van der Waals surface area contributed by atoms with Crippen molar-refractivity contribution in [2.75, 3.05) is 19.3 Å². The van der Waals surface area contributed by atoms with E-state index in [9.17, 15) is 16.8 Å². The fraction of sp³-hybridized carbons (Fsp3) is 0.750. The molecule has 1 fully saturated rings. The molecule has 0 bridgehead atoms. The molecule has 0 saturated heterocycles. The van der Waals surface area contributed by atoms with E-state index in [1.807, 2.05) is 10.7 Å². The molecule has 1 aliphatic heterocycles. The summed E-state index contributed by atoms with van der Waals surface area (Å²) in [5, 5.41) is 4.01. The molecule has 1 aromatic heterocycles. The Labute approximate surface area is 130 Å². The second-order valence-corrected chi connectivity index (χ2v) is 9.96. The highest BCUT2D eigenvalue weighted by Gasteiger charge is 2.42. The van der Waals surface area contributed by atoms with Crippen LogP contribution in [0.25, 0.3) is 0 Å². The van der Waals surface area contributed by atoms with Crippen molar-refractivity contribution in [2.45, 2.75) is 37.1 Å².